The second-order valence-corrected chi connectivity index (χ2v) is 5.99. The molecule has 0 fully saturated rings. The van der Waals surface area contributed by atoms with E-state index in [-0.39, 0.29) is 10.9 Å². The van der Waals surface area contributed by atoms with Gasteiger partial charge in [-0.15, -0.1) is 0 Å². The van der Waals surface area contributed by atoms with Gasteiger partial charge in [0.15, 0.2) is 0 Å². The highest BCUT2D eigenvalue weighted by Gasteiger charge is 2.12. The Morgan fingerprint density at radius 3 is 2.61 bits per heavy atom. The monoisotopic (exact) mass is 332 g/mol. The number of nitro groups is 1. The Morgan fingerprint density at radius 1 is 1.30 bits per heavy atom. The number of anilines is 1. The van der Waals surface area contributed by atoms with Crippen molar-refractivity contribution in [3.8, 4) is 0 Å². The van der Waals surface area contributed by atoms with E-state index in [2.05, 4.69) is 15.8 Å². The first-order chi connectivity index (χ1) is 11.0. The molecule has 0 bridgehead atoms. The van der Waals surface area contributed by atoms with Crippen LogP contribution in [-0.2, 0) is 4.79 Å². The Labute approximate surface area is 137 Å². The van der Waals surface area contributed by atoms with Gasteiger partial charge in [-0.2, -0.15) is 5.10 Å². The summed E-state index contributed by atoms with van der Waals surface area (Å²) in [6, 6.07) is 10.2. The van der Waals surface area contributed by atoms with E-state index in [0.717, 1.165) is 22.6 Å². The topological polar surface area (TPSA) is 96.6 Å². The zero-order valence-corrected chi connectivity index (χ0v) is 13.5. The van der Waals surface area contributed by atoms with Crippen LogP contribution in [0.5, 0.6) is 0 Å². The zero-order chi connectivity index (χ0) is 16.8. The fourth-order valence-corrected chi connectivity index (χ4v) is 2.42. The van der Waals surface area contributed by atoms with E-state index in [1.807, 2.05) is 31.2 Å². The maximum Gasteiger partial charge on any atom is 0.324 e. The molecule has 2 N–H and O–H groups in total. The number of carbonyl (C=O) groups is 1. The standard InChI is InChI=1S/C15H16N4O3S/c1-10-3-5-12(6-4-10)17-11(2)15(20)18-16-9-13-7-8-14(23-13)19(21)22/h3-9,11,17H,1-2H3,(H,18,20)/b16-9-/t11-/m1/s1. The van der Waals surface area contributed by atoms with Crippen LogP contribution in [0.1, 0.15) is 17.4 Å². The van der Waals surface area contributed by atoms with Crippen molar-refractivity contribution in [3.63, 3.8) is 0 Å². The molecule has 0 saturated heterocycles. The first-order valence-corrected chi connectivity index (χ1v) is 7.67. The van der Waals surface area contributed by atoms with Crippen LogP contribution in [0.15, 0.2) is 41.5 Å². The molecule has 1 amide bonds. The molecule has 0 spiro atoms. The number of nitrogens with zero attached hydrogens (tertiary/aromatic N) is 2. The predicted molar refractivity (Wildman–Crippen MR) is 91.0 cm³/mol. The molecule has 23 heavy (non-hydrogen) atoms. The van der Waals surface area contributed by atoms with Crippen molar-refractivity contribution in [1.82, 2.24) is 5.43 Å². The lowest BCUT2D eigenvalue weighted by Gasteiger charge is -2.13. The molecule has 0 radical (unpaired) electrons. The molecule has 2 aromatic rings. The van der Waals surface area contributed by atoms with Gasteiger partial charge in [-0.3, -0.25) is 14.9 Å². The van der Waals surface area contributed by atoms with Crippen LogP contribution in [-0.4, -0.2) is 23.1 Å². The van der Waals surface area contributed by atoms with Crippen LogP contribution in [0.4, 0.5) is 10.7 Å². The molecule has 2 rings (SSSR count). The Bertz CT molecular complexity index is 725. The number of benzene rings is 1. The maximum absolute atomic E-state index is 11.9. The van der Waals surface area contributed by atoms with E-state index in [1.165, 1.54) is 12.3 Å². The third kappa shape index (κ3) is 4.89. The number of amides is 1. The van der Waals surface area contributed by atoms with Gasteiger partial charge in [-0.1, -0.05) is 29.0 Å². The van der Waals surface area contributed by atoms with Gasteiger partial charge in [0.05, 0.1) is 16.0 Å². The van der Waals surface area contributed by atoms with Gasteiger partial charge < -0.3 is 5.32 Å². The number of hydrogen-bond acceptors (Lipinski definition) is 6. The molecule has 1 atom stereocenters. The van der Waals surface area contributed by atoms with E-state index >= 15 is 0 Å². The van der Waals surface area contributed by atoms with Crippen molar-refractivity contribution >= 4 is 34.1 Å². The first-order valence-electron chi connectivity index (χ1n) is 6.86. The van der Waals surface area contributed by atoms with Crippen LogP contribution in [0.3, 0.4) is 0 Å². The second-order valence-electron chi connectivity index (χ2n) is 4.90. The van der Waals surface area contributed by atoms with Crippen molar-refractivity contribution in [1.29, 1.82) is 0 Å². The number of hydrogen-bond donors (Lipinski definition) is 2. The molecule has 1 heterocycles. The quantitative estimate of drug-likeness (QED) is 0.483. The average Bonchev–Trinajstić information content (AvgIpc) is 2.98. The molecule has 0 aliphatic rings. The molecule has 0 saturated carbocycles. The highest BCUT2D eigenvalue weighted by molar-refractivity contribution is 7.16. The van der Waals surface area contributed by atoms with Gasteiger partial charge in [0.25, 0.3) is 5.91 Å². The van der Waals surface area contributed by atoms with Gasteiger partial charge in [-0.05, 0) is 32.0 Å². The van der Waals surface area contributed by atoms with Gasteiger partial charge in [0.2, 0.25) is 0 Å². The van der Waals surface area contributed by atoms with Gasteiger partial charge in [-0.25, -0.2) is 5.43 Å². The summed E-state index contributed by atoms with van der Waals surface area (Å²) in [4.78, 5) is 22.6. The number of thiophene rings is 1. The Kier molecular flexibility index (Phi) is 5.42. The number of carbonyl (C=O) groups excluding carboxylic acids is 1. The summed E-state index contributed by atoms with van der Waals surface area (Å²) in [6.45, 7) is 3.71. The molecular weight excluding hydrogens is 316 g/mol. The van der Waals surface area contributed by atoms with Gasteiger partial charge >= 0.3 is 5.00 Å². The van der Waals surface area contributed by atoms with Gasteiger partial charge in [0.1, 0.15) is 6.04 Å². The highest BCUT2D eigenvalue weighted by Crippen LogP contribution is 2.22. The van der Waals surface area contributed by atoms with E-state index in [4.69, 9.17) is 0 Å². The Hall–Kier alpha value is -2.74. The number of rotatable bonds is 6. The molecule has 0 aliphatic heterocycles. The van der Waals surface area contributed by atoms with E-state index in [0.29, 0.717) is 4.88 Å². The second kappa shape index (κ2) is 7.50. The van der Waals surface area contributed by atoms with Crippen LogP contribution in [0.25, 0.3) is 0 Å². The molecule has 8 heteroatoms. The van der Waals surface area contributed by atoms with Crippen LogP contribution in [0.2, 0.25) is 0 Å². The lowest BCUT2D eigenvalue weighted by molar-refractivity contribution is -0.380. The molecule has 7 nitrogen and oxygen atoms in total. The summed E-state index contributed by atoms with van der Waals surface area (Å²) >= 11 is 0.990. The number of nitrogens with one attached hydrogen (secondary N) is 2. The average molecular weight is 332 g/mol. The van der Waals surface area contributed by atoms with Crippen molar-refractivity contribution in [2.24, 2.45) is 5.10 Å². The summed E-state index contributed by atoms with van der Waals surface area (Å²) in [5.74, 6) is -0.298. The number of hydrazone groups is 1. The molecular formula is C15H16N4O3S. The molecule has 0 unspecified atom stereocenters. The number of aryl methyl sites for hydroxylation is 1. The van der Waals surface area contributed by atoms with Crippen molar-refractivity contribution in [2.75, 3.05) is 5.32 Å². The minimum absolute atomic E-state index is 0.0344. The SMILES string of the molecule is Cc1ccc(N[C@H](C)C(=O)N/N=C\c2ccc([N+](=O)[O-])s2)cc1. The molecule has 1 aromatic heterocycles. The summed E-state index contributed by atoms with van der Waals surface area (Å²) in [6.07, 6.45) is 1.38. The van der Waals surface area contributed by atoms with Gasteiger partial charge in [0, 0.05) is 11.8 Å². The normalized spacial score (nSPS) is 12.1. The lowest BCUT2D eigenvalue weighted by atomic mass is 10.2. The Morgan fingerprint density at radius 2 is 2.00 bits per heavy atom. The highest BCUT2D eigenvalue weighted by atomic mass is 32.1. The fraction of sp³-hybridized carbons (Fsp3) is 0.200. The molecule has 120 valence electrons. The zero-order valence-electron chi connectivity index (χ0n) is 12.6. The summed E-state index contributed by atoms with van der Waals surface area (Å²) in [5.41, 5.74) is 4.39. The third-order valence-corrected chi connectivity index (χ3v) is 3.96. The third-order valence-electron chi connectivity index (χ3n) is 2.99. The summed E-state index contributed by atoms with van der Waals surface area (Å²) in [7, 11) is 0. The van der Waals surface area contributed by atoms with E-state index in [1.54, 1.807) is 13.0 Å². The minimum Gasteiger partial charge on any atom is -0.374 e. The van der Waals surface area contributed by atoms with E-state index < -0.39 is 11.0 Å². The molecule has 1 aromatic carbocycles. The first kappa shape index (κ1) is 16.6. The van der Waals surface area contributed by atoms with Crippen molar-refractivity contribution in [3.05, 3.63) is 57.0 Å². The van der Waals surface area contributed by atoms with Crippen LogP contribution < -0.4 is 10.7 Å². The van der Waals surface area contributed by atoms with Crippen LogP contribution >= 0.6 is 11.3 Å². The summed E-state index contributed by atoms with van der Waals surface area (Å²) in [5, 5.41) is 17.5. The van der Waals surface area contributed by atoms with Crippen molar-refractivity contribution in [2.45, 2.75) is 19.9 Å². The van der Waals surface area contributed by atoms with E-state index in [9.17, 15) is 14.9 Å². The Balaban J connectivity index is 1.86. The lowest BCUT2D eigenvalue weighted by Crippen LogP contribution is -2.34. The predicted octanol–water partition coefficient (Wildman–Crippen LogP) is 2.92. The largest absolute Gasteiger partial charge is 0.374 e. The van der Waals surface area contributed by atoms with Crippen molar-refractivity contribution < 1.29 is 9.72 Å². The molecule has 0 aliphatic carbocycles. The minimum atomic E-state index is -0.465. The summed E-state index contributed by atoms with van der Waals surface area (Å²) < 4.78 is 0. The van der Waals surface area contributed by atoms with Crippen LogP contribution in [0, 0.1) is 17.0 Å². The fourth-order valence-electron chi connectivity index (χ4n) is 1.73. The smallest absolute Gasteiger partial charge is 0.324 e. The maximum atomic E-state index is 11.9.